The van der Waals surface area contributed by atoms with E-state index >= 15 is 0 Å². The summed E-state index contributed by atoms with van der Waals surface area (Å²) in [5, 5.41) is 0. The molecular formula is C3H11BrMgSi. The summed E-state index contributed by atoms with van der Waals surface area (Å²) in [6.07, 6.45) is 0. The second kappa shape index (κ2) is 31.8. The third kappa shape index (κ3) is 50.8. The maximum Gasteiger partial charge on any atom is 2.00 e. The van der Waals surface area contributed by atoms with Gasteiger partial charge in [0.25, 0.3) is 0 Å². The van der Waals surface area contributed by atoms with E-state index < -0.39 is 0 Å². The van der Waals surface area contributed by atoms with Gasteiger partial charge in [0.1, 0.15) is 0 Å². The Hall–Kier alpha value is 1.46. The third-order valence-corrected chi connectivity index (χ3v) is 0. The largest absolute Gasteiger partial charge is 2.00 e. The zero-order valence-corrected chi connectivity index (χ0v) is 8.97. The SMILES string of the molecule is Br.C[SiH-]C.[CH3-].[Mg+2]. The summed E-state index contributed by atoms with van der Waals surface area (Å²) >= 11 is 0. The first kappa shape index (κ1) is 26.0. The summed E-state index contributed by atoms with van der Waals surface area (Å²) in [6.45, 7) is 4.42. The number of hydrogen-bond donors (Lipinski definition) is 0. The molecule has 3 heteroatoms. The molecule has 0 spiro atoms. The third-order valence-electron chi connectivity index (χ3n) is 0. The molecule has 0 aliphatic carbocycles. The Balaban J connectivity index is -0.00000000667. The van der Waals surface area contributed by atoms with Gasteiger partial charge in [-0.25, -0.2) is 0 Å². The monoisotopic (exact) mass is 178 g/mol. The predicted octanol–water partition coefficient (Wildman–Crippen LogP) is 1.17. The standard InChI is InChI=1S/C2H7Si.CH3.BrH.Mg/c1-3-2;;;/h3H,1-2H3;1H3;1H;/q2*-1;;+2. The fourth-order valence-corrected chi connectivity index (χ4v) is 0. The van der Waals surface area contributed by atoms with Gasteiger partial charge in [-0.05, 0) is 0 Å². The van der Waals surface area contributed by atoms with Crippen molar-refractivity contribution in [1.82, 2.24) is 0 Å². The Labute approximate surface area is 69.8 Å². The van der Waals surface area contributed by atoms with Gasteiger partial charge in [-0.15, -0.1) is 17.0 Å². The second-order valence-electron chi connectivity index (χ2n) is 0.577. The van der Waals surface area contributed by atoms with Gasteiger partial charge in [0, 0.05) is 0 Å². The molecule has 0 aromatic carbocycles. The molecule has 0 heterocycles. The van der Waals surface area contributed by atoms with Gasteiger partial charge in [0.15, 0.2) is 0 Å². The Morgan fingerprint density at radius 2 is 1.17 bits per heavy atom. The molecule has 0 aromatic rings. The first-order valence-corrected chi connectivity index (χ1v) is 3.46. The average molecular weight is 179 g/mol. The molecule has 0 aliphatic rings. The number of halogens is 1. The van der Waals surface area contributed by atoms with E-state index in [9.17, 15) is 0 Å². The van der Waals surface area contributed by atoms with Crippen LogP contribution in [0, 0.1) is 7.43 Å². The predicted molar refractivity (Wildman–Crippen MR) is 41.4 cm³/mol. The van der Waals surface area contributed by atoms with E-state index in [1.165, 1.54) is 0 Å². The summed E-state index contributed by atoms with van der Waals surface area (Å²) in [4.78, 5) is 0. The summed E-state index contributed by atoms with van der Waals surface area (Å²) in [6, 6.07) is 0. The van der Waals surface area contributed by atoms with Crippen molar-refractivity contribution in [2.24, 2.45) is 0 Å². The van der Waals surface area contributed by atoms with E-state index in [2.05, 4.69) is 13.1 Å². The van der Waals surface area contributed by atoms with E-state index in [0.717, 1.165) is 9.52 Å². The van der Waals surface area contributed by atoms with Crippen LogP contribution in [-0.4, -0.2) is 32.6 Å². The molecule has 0 rings (SSSR count). The Morgan fingerprint density at radius 3 is 1.17 bits per heavy atom. The van der Waals surface area contributed by atoms with Crippen LogP contribution in [0.25, 0.3) is 0 Å². The first-order valence-electron chi connectivity index (χ1n) is 1.15. The molecule has 0 amide bonds. The minimum absolute atomic E-state index is 0. The van der Waals surface area contributed by atoms with Gasteiger partial charge in [-0.1, -0.05) is 0 Å². The van der Waals surface area contributed by atoms with Crippen LogP contribution in [-0.2, 0) is 0 Å². The maximum atomic E-state index is 2.21. The number of hydrogen-bond acceptors (Lipinski definition) is 0. The van der Waals surface area contributed by atoms with Crippen LogP contribution in [0.3, 0.4) is 0 Å². The van der Waals surface area contributed by atoms with E-state index in [1.807, 2.05) is 0 Å². The Kier molecular flexibility index (Phi) is 138. The molecule has 0 bridgehead atoms. The fraction of sp³-hybridized carbons (Fsp3) is 0.667. The molecule has 6 heavy (non-hydrogen) atoms. The molecular weight excluding hydrogens is 168 g/mol. The maximum absolute atomic E-state index is 2.21. The van der Waals surface area contributed by atoms with Crippen molar-refractivity contribution in [2.45, 2.75) is 13.1 Å². The summed E-state index contributed by atoms with van der Waals surface area (Å²) in [5.41, 5.74) is 0. The summed E-state index contributed by atoms with van der Waals surface area (Å²) in [7, 11) is 0.750. The Bertz CT molecular complexity index is 10.8. The second-order valence-corrected chi connectivity index (χ2v) is 1.73. The zero-order chi connectivity index (χ0) is 2.71. The van der Waals surface area contributed by atoms with Gasteiger partial charge < -0.3 is 7.43 Å². The van der Waals surface area contributed by atoms with Gasteiger partial charge in [0.05, 0.1) is 0 Å². The van der Waals surface area contributed by atoms with Crippen molar-refractivity contribution in [3.05, 3.63) is 7.43 Å². The molecule has 0 N–H and O–H groups in total. The van der Waals surface area contributed by atoms with E-state index in [0.29, 0.717) is 0 Å². The van der Waals surface area contributed by atoms with Crippen LogP contribution < -0.4 is 0 Å². The van der Waals surface area contributed by atoms with Gasteiger partial charge in [-0.2, -0.15) is 13.1 Å². The summed E-state index contributed by atoms with van der Waals surface area (Å²) in [5.74, 6) is 0. The minimum Gasteiger partial charge on any atom is -0.358 e. The van der Waals surface area contributed by atoms with E-state index in [1.54, 1.807) is 0 Å². The topological polar surface area (TPSA) is 0 Å². The molecule has 0 aromatic heterocycles. The quantitative estimate of drug-likeness (QED) is 0.387. The van der Waals surface area contributed by atoms with Crippen molar-refractivity contribution < 1.29 is 0 Å². The van der Waals surface area contributed by atoms with Gasteiger partial charge >= 0.3 is 23.1 Å². The molecule has 0 atom stereocenters. The Morgan fingerprint density at radius 1 is 1.17 bits per heavy atom. The molecule has 0 radical (unpaired) electrons. The molecule has 0 aliphatic heterocycles. The van der Waals surface area contributed by atoms with Gasteiger partial charge in [-0.3, -0.25) is 9.52 Å². The molecule has 36 valence electrons. The van der Waals surface area contributed by atoms with Crippen molar-refractivity contribution in [3.63, 3.8) is 0 Å². The van der Waals surface area contributed by atoms with E-state index in [4.69, 9.17) is 0 Å². The van der Waals surface area contributed by atoms with Crippen molar-refractivity contribution in [3.8, 4) is 0 Å². The molecule has 0 saturated heterocycles. The van der Waals surface area contributed by atoms with Crippen LogP contribution in [0.4, 0.5) is 0 Å². The summed E-state index contributed by atoms with van der Waals surface area (Å²) < 4.78 is 0. The van der Waals surface area contributed by atoms with Crippen LogP contribution in [0.5, 0.6) is 0 Å². The molecule has 0 saturated carbocycles. The zero-order valence-electron chi connectivity index (χ0n) is 4.69. The molecule has 0 nitrogen and oxygen atoms in total. The smallest absolute Gasteiger partial charge is 0.358 e. The van der Waals surface area contributed by atoms with E-state index in [-0.39, 0.29) is 47.5 Å². The van der Waals surface area contributed by atoms with Crippen LogP contribution in [0.1, 0.15) is 0 Å². The average Bonchev–Trinajstić information content (AvgIpc) is 0.918. The number of rotatable bonds is 0. The normalized spacial score (nSPS) is 3.00. The first-order chi connectivity index (χ1) is 1.41. The minimum atomic E-state index is 0. The molecule has 0 unspecified atom stereocenters. The van der Waals surface area contributed by atoms with Crippen LogP contribution >= 0.6 is 17.0 Å². The van der Waals surface area contributed by atoms with Crippen molar-refractivity contribution in [1.29, 1.82) is 0 Å². The fourth-order valence-electron chi connectivity index (χ4n) is 0. The van der Waals surface area contributed by atoms with Crippen molar-refractivity contribution >= 4 is 49.6 Å². The van der Waals surface area contributed by atoms with Crippen LogP contribution in [0.15, 0.2) is 0 Å². The van der Waals surface area contributed by atoms with Crippen molar-refractivity contribution in [2.75, 3.05) is 0 Å². The van der Waals surface area contributed by atoms with Crippen LogP contribution in [0.2, 0.25) is 13.1 Å². The van der Waals surface area contributed by atoms with Gasteiger partial charge in [0.2, 0.25) is 0 Å². The molecule has 0 fully saturated rings.